The van der Waals surface area contributed by atoms with Gasteiger partial charge < -0.3 is 14.7 Å². The van der Waals surface area contributed by atoms with Crippen molar-refractivity contribution in [3.63, 3.8) is 0 Å². The number of aliphatic imine (C=N–C) groups is 1. The zero-order valence-electron chi connectivity index (χ0n) is 27.7. The number of β-amino-alcohol motifs (C(OH)–C–C–N with tert-alkyl or cyclic N) is 1. The molecule has 1 unspecified atom stereocenters. The van der Waals surface area contributed by atoms with Crippen LogP contribution in [0.15, 0.2) is 72.2 Å². The van der Waals surface area contributed by atoms with Crippen molar-refractivity contribution in [3.8, 4) is 34.5 Å². The summed E-state index contributed by atoms with van der Waals surface area (Å²) in [5.41, 5.74) is 9.42. The van der Waals surface area contributed by atoms with Gasteiger partial charge in [-0.25, -0.2) is 0 Å². The Morgan fingerprint density at radius 2 is 1.85 bits per heavy atom. The number of nitrogens with two attached hydrogens (primary N) is 1. The molecule has 1 aromatic heterocycles. The Kier molecular flexibility index (Phi) is 9.49. The Morgan fingerprint density at radius 3 is 2.49 bits per heavy atom. The fraction of sp³-hybridized carbons (Fsp3) is 0.421. The predicted molar refractivity (Wildman–Crippen MR) is 184 cm³/mol. The lowest BCUT2D eigenvalue weighted by Gasteiger charge is -2.49. The van der Waals surface area contributed by atoms with Crippen LogP contribution in [0.2, 0.25) is 0 Å². The van der Waals surface area contributed by atoms with Gasteiger partial charge in [-0.1, -0.05) is 56.2 Å². The maximum atomic E-state index is 12.0. The van der Waals surface area contributed by atoms with Crippen molar-refractivity contribution in [2.45, 2.75) is 70.3 Å². The molecule has 47 heavy (non-hydrogen) atoms. The number of aliphatic hydroxyl groups is 1. The molecule has 3 aromatic rings. The minimum Gasteiger partial charge on any atom is -0.457 e. The molecule has 2 aromatic carbocycles. The van der Waals surface area contributed by atoms with E-state index >= 15 is 0 Å². The van der Waals surface area contributed by atoms with E-state index in [0.29, 0.717) is 32.2 Å². The molecule has 0 radical (unpaired) electrons. The zero-order chi connectivity index (χ0) is 33.1. The van der Waals surface area contributed by atoms with Crippen molar-refractivity contribution < 1.29 is 19.2 Å². The Bertz CT molecular complexity index is 1740. The molecule has 3 aliphatic rings. The number of unbranched alkanes of at least 4 members (excludes halogenated alkanes) is 1. The molecule has 1 amide bonds. The summed E-state index contributed by atoms with van der Waals surface area (Å²) in [6, 6.07) is 21.3. The molecule has 2 saturated heterocycles. The molecule has 0 aliphatic carbocycles. The van der Waals surface area contributed by atoms with Gasteiger partial charge in [-0.05, 0) is 74.9 Å². The Labute approximate surface area is 277 Å². The number of amides is 1. The number of carbonyl (C=O) groups excluding carboxylic acids is 1. The number of benzene rings is 2. The van der Waals surface area contributed by atoms with E-state index in [1.54, 1.807) is 0 Å². The molecule has 0 bridgehead atoms. The molecule has 0 saturated carbocycles. The molecule has 3 aliphatic heterocycles. The first-order valence-electron chi connectivity index (χ1n) is 16.7. The molecule has 0 spiro atoms. The van der Waals surface area contributed by atoms with E-state index in [0.717, 1.165) is 71.9 Å². The third kappa shape index (κ3) is 6.69. The second-order valence-corrected chi connectivity index (χ2v) is 13.0. The highest BCUT2D eigenvalue weighted by Gasteiger charge is 2.44. The van der Waals surface area contributed by atoms with Crippen LogP contribution in [0.5, 0.6) is 11.5 Å². The number of rotatable bonds is 9. The second kappa shape index (κ2) is 13.7. The molecule has 9 heteroatoms. The van der Waals surface area contributed by atoms with Crippen LogP contribution in [-0.4, -0.2) is 80.3 Å². The summed E-state index contributed by atoms with van der Waals surface area (Å²) in [5.74, 6) is 8.93. The first-order valence-corrected chi connectivity index (χ1v) is 16.7. The molecular formula is C38H45N6O3+. The van der Waals surface area contributed by atoms with Crippen molar-refractivity contribution in [1.82, 2.24) is 14.4 Å². The number of hydrogen-bond donors (Lipinski definition) is 2. The summed E-state index contributed by atoms with van der Waals surface area (Å²) in [5, 5.41) is 11.5. The van der Waals surface area contributed by atoms with E-state index < -0.39 is 11.8 Å². The number of para-hydroxylation sites is 1. The van der Waals surface area contributed by atoms with Gasteiger partial charge >= 0.3 is 6.01 Å². The fourth-order valence-electron chi connectivity index (χ4n) is 6.79. The Balaban J connectivity index is 1.32. The van der Waals surface area contributed by atoms with Crippen LogP contribution in [0.3, 0.4) is 0 Å². The molecule has 6 rings (SSSR count). The van der Waals surface area contributed by atoms with E-state index in [9.17, 15) is 9.90 Å². The molecule has 9 nitrogen and oxygen atoms in total. The Hall–Kier alpha value is -4.45. The average Bonchev–Trinajstić information content (AvgIpc) is 3.41. The largest absolute Gasteiger partial charge is 0.457 e. The lowest BCUT2D eigenvalue weighted by atomic mass is 9.89. The number of fused-ring (bicyclic) bond motifs is 1. The van der Waals surface area contributed by atoms with Crippen LogP contribution in [-0.2, 0) is 4.79 Å². The van der Waals surface area contributed by atoms with Gasteiger partial charge in [-0.15, -0.1) is 0 Å². The Morgan fingerprint density at radius 1 is 1.17 bits per heavy atom. The standard InChI is InChI=1S/C38H45N6O3/c1-5-7-21-42-26-40-37-35(36(42)39)34(28-13-15-31(16-14-28)47-30-11-9-8-10-12-30)32(44(37)27(3)4)17-20-38(46)24-43(25-38)29-18-22-41(23-19-29)33(45)6-2/h6,8-16,27,29,36,46H,2,5,7,18-19,21-25,39H2,1,3-4H3/q+1. The van der Waals surface area contributed by atoms with E-state index in [4.69, 9.17) is 15.5 Å². The third-order valence-corrected chi connectivity index (χ3v) is 9.33. The lowest BCUT2D eigenvalue weighted by Crippen LogP contribution is -2.65. The van der Waals surface area contributed by atoms with Crippen molar-refractivity contribution in [2.75, 3.05) is 32.7 Å². The van der Waals surface area contributed by atoms with Crippen molar-refractivity contribution in [3.05, 3.63) is 78.5 Å². The summed E-state index contributed by atoms with van der Waals surface area (Å²) in [6.07, 6.45) is 4.72. The molecule has 2 fully saturated rings. The normalized spacial score (nSPS) is 19.0. The van der Waals surface area contributed by atoms with E-state index in [2.05, 4.69) is 54.7 Å². The minimum absolute atomic E-state index is 0.0189. The highest BCUT2D eigenvalue weighted by Crippen LogP contribution is 2.44. The quantitative estimate of drug-likeness (QED) is 0.179. The summed E-state index contributed by atoms with van der Waals surface area (Å²) in [4.78, 5) is 20.9. The SMILES string of the molecule is C=CC(=O)N1CCC(N2CC(O)(C#Cc3c(-c4ccc(Oc5ccccc5)cc4)c4c(n3C(C)C)N=C=[N+](CCCC)C4N)C2)CC1. The monoisotopic (exact) mass is 633 g/mol. The average molecular weight is 634 g/mol. The minimum atomic E-state index is -1.13. The number of ether oxygens (including phenoxy) is 1. The number of carbonyl (C=O) groups is 1. The first kappa shape index (κ1) is 32.5. The lowest BCUT2D eigenvalue weighted by molar-refractivity contribution is -0.567. The predicted octanol–water partition coefficient (Wildman–Crippen LogP) is 5.69. The molecule has 4 heterocycles. The van der Waals surface area contributed by atoms with E-state index in [1.807, 2.05) is 64.1 Å². The molecule has 244 valence electrons. The van der Waals surface area contributed by atoms with Crippen LogP contribution < -0.4 is 10.5 Å². The van der Waals surface area contributed by atoms with E-state index in [1.165, 1.54) is 6.08 Å². The van der Waals surface area contributed by atoms with Gasteiger partial charge in [0.15, 0.2) is 11.8 Å². The summed E-state index contributed by atoms with van der Waals surface area (Å²) in [6.45, 7) is 13.1. The molecular weight excluding hydrogens is 588 g/mol. The number of aromatic nitrogens is 1. The number of nitrogens with zero attached hydrogens (tertiary/aromatic N) is 5. The highest BCUT2D eigenvalue weighted by molar-refractivity contribution is 5.87. The van der Waals surface area contributed by atoms with Crippen molar-refractivity contribution >= 4 is 17.7 Å². The topological polar surface area (TPSA) is 99.3 Å². The van der Waals surface area contributed by atoms with Crippen LogP contribution in [0.4, 0.5) is 5.82 Å². The fourth-order valence-corrected chi connectivity index (χ4v) is 6.79. The maximum absolute atomic E-state index is 12.0. The maximum Gasteiger partial charge on any atom is 0.316 e. The number of piperidine rings is 1. The van der Waals surface area contributed by atoms with Crippen molar-refractivity contribution in [2.24, 2.45) is 10.7 Å². The van der Waals surface area contributed by atoms with Gasteiger partial charge in [0.1, 0.15) is 17.2 Å². The smallest absolute Gasteiger partial charge is 0.316 e. The number of likely N-dealkylation sites (tertiary alicyclic amines) is 2. The second-order valence-electron chi connectivity index (χ2n) is 13.0. The van der Waals surface area contributed by atoms with Crippen LogP contribution in [0.25, 0.3) is 11.1 Å². The van der Waals surface area contributed by atoms with Crippen molar-refractivity contribution in [1.29, 1.82) is 0 Å². The summed E-state index contributed by atoms with van der Waals surface area (Å²) in [7, 11) is 0. The zero-order valence-corrected chi connectivity index (χ0v) is 27.7. The number of hydrogen-bond acceptors (Lipinski definition) is 6. The third-order valence-electron chi connectivity index (χ3n) is 9.33. The molecule has 3 N–H and O–H groups in total. The van der Waals surface area contributed by atoms with Crippen LogP contribution in [0.1, 0.15) is 69.9 Å². The summed E-state index contributed by atoms with van der Waals surface area (Å²) < 4.78 is 10.2. The van der Waals surface area contributed by atoms with Gasteiger partial charge in [0.05, 0.1) is 12.1 Å². The first-order chi connectivity index (χ1) is 22.7. The summed E-state index contributed by atoms with van der Waals surface area (Å²) >= 11 is 0. The van der Waals surface area contributed by atoms with Crippen LogP contribution in [0, 0.1) is 11.8 Å². The van der Waals surface area contributed by atoms with Gasteiger partial charge in [0.25, 0.3) is 5.82 Å². The molecule has 1 atom stereocenters. The van der Waals surface area contributed by atoms with Gasteiger partial charge in [-0.3, -0.25) is 20.0 Å². The highest BCUT2D eigenvalue weighted by atomic mass is 16.5. The van der Waals surface area contributed by atoms with Gasteiger partial charge in [0, 0.05) is 48.8 Å². The van der Waals surface area contributed by atoms with Crippen LogP contribution >= 0.6 is 0 Å². The van der Waals surface area contributed by atoms with Gasteiger partial charge in [0.2, 0.25) is 5.91 Å². The van der Waals surface area contributed by atoms with E-state index in [-0.39, 0.29) is 11.9 Å². The van der Waals surface area contributed by atoms with Gasteiger partial charge in [-0.2, -0.15) is 4.58 Å².